The topological polar surface area (TPSA) is 29.5 Å². The molecule has 0 aromatic carbocycles. The van der Waals surface area contributed by atoms with Crippen LogP contribution in [0.15, 0.2) is 18.4 Å². The van der Waals surface area contributed by atoms with Crippen LogP contribution in [-0.2, 0) is 4.52 Å². The molecule has 1 N–H and O–H groups in total. The standard InChI is InChI=1S/C18H28O2P2/c1-7-9-11(3)16(20-22-21)15-14-13(17(14,5)6)10-12(4)18(15,19)8-2/h2,9,11-16,19,22H,1,10,21H2,3-6H3/t11-,12-,13-,14-,15-,16-,18-/m1/s1. The lowest BCUT2D eigenvalue weighted by Gasteiger charge is -2.45. The Morgan fingerprint density at radius 3 is 2.68 bits per heavy atom. The third kappa shape index (κ3) is 2.73. The molecule has 0 heterocycles. The molecule has 0 aliphatic heterocycles. The van der Waals surface area contributed by atoms with Crippen molar-refractivity contribution in [3.8, 4) is 12.3 Å². The molecule has 2 rings (SSSR count). The fourth-order valence-electron chi connectivity index (χ4n) is 4.67. The highest BCUT2D eigenvalue weighted by molar-refractivity contribution is 8.00. The van der Waals surface area contributed by atoms with Gasteiger partial charge in [-0.05, 0) is 35.7 Å². The Morgan fingerprint density at radius 1 is 1.55 bits per heavy atom. The van der Waals surface area contributed by atoms with Gasteiger partial charge in [0, 0.05) is 20.3 Å². The maximum atomic E-state index is 11.3. The van der Waals surface area contributed by atoms with Crippen LogP contribution in [0.5, 0.6) is 0 Å². The predicted octanol–water partition coefficient (Wildman–Crippen LogP) is 4.02. The summed E-state index contributed by atoms with van der Waals surface area (Å²) >= 11 is 0. The zero-order valence-electron chi connectivity index (χ0n) is 14.0. The molecule has 122 valence electrons. The van der Waals surface area contributed by atoms with Gasteiger partial charge in [-0.1, -0.05) is 49.1 Å². The fourth-order valence-corrected chi connectivity index (χ4v) is 5.66. The minimum atomic E-state index is -1.10. The van der Waals surface area contributed by atoms with Gasteiger partial charge in [0.25, 0.3) is 0 Å². The van der Waals surface area contributed by atoms with Crippen molar-refractivity contribution >= 4 is 17.4 Å². The van der Waals surface area contributed by atoms with E-state index in [2.05, 4.69) is 54.9 Å². The summed E-state index contributed by atoms with van der Waals surface area (Å²) in [7, 11) is 2.92. The van der Waals surface area contributed by atoms with Gasteiger partial charge < -0.3 is 9.63 Å². The highest BCUT2D eigenvalue weighted by Gasteiger charge is 2.70. The van der Waals surface area contributed by atoms with Crippen molar-refractivity contribution in [3.63, 3.8) is 0 Å². The number of fused-ring (bicyclic) bond motifs is 1. The lowest BCUT2D eigenvalue weighted by Crippen LogP contribution is -2.53. The normalized spacial score (nSPS) is 42.0. The second kappa shape index (κ2) is 6.40. The van der Waals surface area contributed by atoms with Crippen LogP contribution in [0.1, 0.15) is 34.1 Å². The summed E-state index contributed by atoms with van der Waals surface area (Å²) in [5.74, 6) is 3.93. The van der Waals surface area contributed by atoms with Crippen molar-refractivity contribution in [2.24, 2.45) is 35.0 Å². The van der Waals surface area contributed by atoms with Gasteiger partial charge in [-0.3, -0.25) is 0 Å². The molecule has 0 bridgehead atoms. The Kier molecular flexibility index (Phi) is 5.29. The van der Waals surface area contributed by atoms with Gasteiger partial charge in [0.15, 0.2) is 0 Å². The van der Waals surface area contributed by atoms with Crippen molar-refractivity contribution in [1.29, 1.82) is 0 Å². The zero-order chi connectivity index (χ0) is 16.7. The summed E-state index contributed by atoms with van der Waals surface area (Å²) in [5.41, 5.74) is 1.98. The minimum Gasteiger partial charge on any atom is -0.377 e. The SMILES string of the molecule is C#C[C@]1(O)[C@@H]([C@H](OPP)[C@H](C)C=C=C)[C@H]2[C@@H](C[C@H]1C)C2(C)C. The molecule has 0 aromatic rings. The first kappa shape index (κ1) is 18.2. The third-order valence-corrected chi connectivity index (χ3v) is 6.90. The Morgan fingerprint density at radius 2 is 2.18 bits per heavy atom. The molecule has 2 aliphatic carbocycles. The van der Waals surface area contributed by atoms with Gasteiger partial charge in [-0.2, -0.15) is 0 Å². The number of hydrogen-bond acceptors (Lipinski definition) is 2. The summed E-state index contributed by atoms with van der Waals surface area (Å²) in [6.07, 6.45) is 8.61. The fraction of sp³-hybridized carbons (Fsp3) is 0.722. The summed E-state index contributed by atoms with van der Waals surface area (Å²) in [6.45, 7) is 12.4. The van der Waals surface area contributed by atoms with Gasteiger partial charge in [0.2, 0.25) is 0 Å². The molecule has 2 nitrogen and oxygen atoms in total. The van der Waals surface area contributed by atoms with Crippen LogP contribution in [0.2, 0.25) is 0 Å². The molecule has 2 unspecified atom stereocenters. The van der Waals surface area contributed by atoms with E-state index in [0.29, 0.717) is 11.8 Å². The molecule has 0 spiro atoms. The maximum Gasteiger partial charge on any atom is 0.133 e. The van der Waals surface area contributed by atoms with E-state index in [1.165, 1.54) is 0 Å². The van der Waals surface area contributed by atoms with Crippen molar-refractivity contribution in [2.75, 3.05) is 0 Å². The smallest absolute Gasteiger partial charge is 0.133 e. The number of hydrogen-bond donors (Lipinski definition) is 1. The van der Waals surface area contributed by atoms with Crippen LogP contribution in [-0.4, -0.2) is 16.8 Å². The predicted molar refractivity (Wildman–Crippen MR) is 97.6 cm³/mol. The van der Waals surface area contributed by atoms with Crippen LogP contribution < -0.4 is 0 Å². The van der Waals surface area contributed by atoms with Crippen molar-refractivity contribution < 1.29 is 9.63 Å². The van der Waals surface area contributed by atoms with Crippen molar-refractivity contribution in [3.05, 3.63) is 18.4 Å². The first-order chi connectivity index (χ1) is 10.3. The quantitative estimate of drug-likeness (QED) is 0.466. The molecule has 2 saturated carbocycles. The largest absolute Gasteiger partial charge is 0.377 e. The minimum absolute atomic E-state index is 0.0473. The van der Waals surface area contributed by atoms with Gasteiger partial charge in [-0.15, -0.1) is 12.2 Å². The summed E-state index contributed by atoms with van der Waals surface area (Å²) in [6, 6.07) is 0. The number of terminal acetylenes is 1. The first-order valence-corrected chi connectivity index (χ1v) is 10.6. The number of rotatable bonds is 5. The van der Waals surface area contributed by atoms with Gasteiger partial charge in [0.05, 0.1) is 6.10 Å². The Bertz CT molecular complexity index is 518. The molecular formula is C18H28O2P2. The molecule has 0 aromatic heterocycles. The van der Waals surface area contributed by atoms with E-state index in [9.17, 15) is 5.11 Å². The zero-order valence-corrected chi connectivity index (χ0v) is 16.1. The molecule has 22 heavy (non-hydrogen) atoms. The average molecular weight is 338 g/mol. The number of aliphatic hydroxyl groups is 1. The van der Waals surface area contributed by atoms with Crippen LogP contribution in [0.25, 0.3) is 0 Å². The first-order valence-electron chi connectivity index (χ1n) is 7.93. The van der Waals surface area contributed by atoms with E-state index >= 15 is 0 Å². The molecular weight excluding hydrogens is 310 g/mol. The molecule has 2 fully saturated rings. The van der Waals surface area contributed by atoms with Crippen LogP contribution in [0.4, 0.5) is 0 Å². The summed E-state index contributed by atoms with van der Waals surface area (Å²) in [5, 5.41) is 11.3. The van der Waals surface area contributed by atoms with Crippen LogP contribution in [0, 0.1) is 47.3 Å². The molecule has 0 radical (unpaired) electrons. The Balaban J connectivity index is 2.45. The monoisotopic (exact) mass is 338 g/mol. The van der Waals surface area contributed by atoms with E-state index in [1.54, 1.807) is 0 Å². The van der Waals surface area contributed by atoms with Crippen molar-refractivity contribution in [1.82, 2.24) is 0 Å². The lowest BCUT2D eigenvalue weighted by atomic mass is 9.65. The molecule has 4 heteroatoms. The second-order valence-corrected chi connectivity index (χ2v) is 8.69. The highest BCUT2D eigenvalue weighted by atomic mass is 32.0. The van der Waals surface area contributed by atoms with Crippen molar-refractivity contribution in [2.45, 2.75) is 45.8 Å². The van der Waals surface area contributed by atoms with Gasteiger partial charge in [-0.25, -0.2) is 0 Å². The molecule has 2 aliphatic rings. The Hall–Kier alpha value is -0.140. The lowest BCUT2D eigenvalue weighted by molar-refractivity contribution is -0.0927. The molecule has 9 atom stereocenters. The second-order valence-electron chi connectivity index (χ2n) is 7.52. The van der Waals surface area contributed by atoms with Crippen LogP contribution >= 0.6 is 17.4 Å². The molecule has 0 saturated heterocycles. The average Bonchev–Trinajstić information content (AvgIpc) is 2.99. The van der Waals surface area contributed by atoms with Gasteiger partial charge >= 0.3 is 0 Å². The highest BCUT2D eigenvalue weighted by Crippen LogP contribution is 2.71. The molecule has 0 amide bonds. The van der Waals surface area contributed by atoms with E-state index in [1.807, 2.05) is 6.08 Å². The maximum absolute atomic E-state index is 11.3. The van der Waals surface area contributed by atoms with E-state index in [4.69, 9.17) is 10.9 Å². The van der Waals surface area contributed by atoms with E-state index < -0.39 is 5.60 Å². The van der Waals surface area contributed by atoms with Crippen LogP contribution in [0.3, 0.4) is 0 Å². The van der Waals surface area contributed by atoms with E-state index in [0.717, 1.165) is 6.42 Å². The summed E-state index contributed by atoms with van der Waals surface area (Å²) < 4.78 is 6.07. The summed E-state index contributed by atoms with van der Waals surface area (Å²) in [4.78, 5) is 0. The van der Waals surface area contributed by atoms with E-state index in [-0.39, 0.29) is 37.8 Å². The Labute approximate surface area is 139 Å². The van der Waals surface area contributed by atoms with Gasteiger partial charge in [0.1, 0.15) is 5.60 Å². The third-order valence-electron chi connectivity index (χ3n) is 6.08.